The van der Waals surface area contributed by atoms with Gasteiger partial charge in [-0.25, -0.2) is 14.8 Å². The molecule has 8 nitrogen and oxygen atoms in total. The highest BCUT2D eigenvalue weighted by Gasteiger charge is 2.28. The molecule has 0 aliphatic carbocycles. The van der Waals surface area contributed by atoms with E-state index in [2.05, 4.69) is 32.4 Å². The summed E-state index contributed by atoms with van der Waals surface area (Å²) in [4.78, 5) is 37.2. The number of anilines is 1. The zero-order valence-electron chi connectivity index (χ0n) is 18.8. The molecular formula is C21H35ClN6O2S. The molecule has 31 heavy (non-hydrogen) atoms. The van der Waals surface area contributed by atoms with Crippen LogP contribution in [0.15, 0.2) is 11.2 Å². The highest BCUT2D eigenvalue weighted by Crippen LogP contribution is 2.24. The van der Waals surface area contributed by atoms with Crippen LogP contribution < -0.4 is 15.5 Å². The molecule has 0 aromatic carbocycles. The number of nitrogens with one attached hydrogen (secondary N) is 2. The predicted molar refractivity (Wildman–Crippen MR) is 127 cm³/mol. The van der Waals surface area contributed by atoms with Gasteiger partial charge in [-0.15, -0.1) is 0 Å². The van der Waals surface area contributed by atoms with E-state index in [0.717, 1.165) is 25.1 Å². The van der Waals surface area contributed by atoms with E-state index < -0.39 is 0 Å². The van der Waals surface area contributed by atoms with Gasteiger partial charge in [0.1, 0.15) is 11.0 Å². The summed E-state index contributed by atoms with van der Waals surface area (Å²) in [5.74, 6) is 0.963. The Labute approximate surface area is 194 Å². The number of carbonyl (C=O) groups excluding carboxylic acids is 2. The van der Waals surface area contributed by atoms with Crippen LogP contribution in [0.25, 0.3) is 0 Å². The number of piperazine rings is 1. The quantitative estimate of drug-likeness (QED) is 0.222. The number of carbonyl (C=O) groups is 2. The summed E-state index contributed by atoms with van der Waals surface area (Å²) in [6.45, 7) is 9.55. The maximum atomic E-state index is 12.3. The predicted octanol–water partition coefficient (Wildman–Crippen LogP) is 3.55. The zero-order chi connectivity index (χ0) is 22.6. The topological polar surface area (TPSA) is 90.5 Å². The van der Waals surface area contributed by atoms with Gasteiger partial charge in [-0.2, -0.15) is 0 Å². The summed E-state index contributed by atoms with van der Waals surface area (Å²) in [5.41, 5.74) is 0. The van der Waals surface area contributed by atoms with E-state index in [-0.39, 0.29) is 23.7 Å². The Morgan fingerprint density at radius 2 is 1.94 bits per heavy atom. The first kappa shape index (κ1) is 25.5. The molecule has 0 saturated carbocycles. The van der Waals surface area contributed by atoms with Gasteiger partial charge in [0, 0.05) is 44.8 Å². The molecule has 1 unspecified atom stereocenters. The lowest BCUT2D eigenvalue weighted by Crippen LogP contribution is -2.56. The maximum absolute atomic E-state index is 12.3. The van der Waals surface area contributed by atoms with E-state index in [9.17, 15) is 9.59 Å². The van der Waals surface area contributed by atoms with Crippen LogP contribution in [-0.2, 0) is 4.79 Å². The van der Waals surface area contributed by atoms with Gasteiger partial charge >= 0.3 is 6.03 Å². The van der Waals surface area contributed by atoms with Gasteiger partial charge < -0.3 is 20.4 Å². The molecular weight excluding hydrogens is 436 g/mol. The second kappa shape index (κ2) is 13.6. The van der Waals surface area contributed by atoms with Crippen molar-refractivity contribution in [3.8, 4) is 0 Å². The molecule has 1 aromatic rings. The number of halogens is 1. The monoisotopic (exact) mass is 470 g/mol. The van der Waals surface area contributed by atoms with E-state index in [1.54, 1.807) is 6.07 Å². The maximum Gasteiger partial charge on any atom is 0.317 e. The van der Waals surface area contributed by atoms with Gasteiger partial charge in [0.15, 0.2) is 5.16 Å². The highest BCUT2D eigenvalue weighted by atomic mass is 35.5. The third-order valence-corrected chi connectivity index (χ3v) is 6.13. The van der Waals surface area contributed by atoms with Gasteiger partial charge in [0.25, 0.3) is 0 Å². The molecule has 1 aliphatic heterocycles. The average Bonchev–Trinajstić information content (AvgIpc) is 2.75. The number of urea groups is 1. The molecule has 10 heteroatoms. The summed E-state index contributed by atoms with van der Waals surface area (Å²) in [6.07, 6.45) is 5.42. The van der Waals surface area contributed by atoms with Crippen LogP contribution >= 0.6 is 23.4 Å². The zero-order valence-corrected chi connectivity index (χ0v) is 20.4. The largest absolute Gasteiger partial charge is 0.355 e. The Hall–Kier alpha value is -1.74. The van der Waals surface area contributed by atoms with Gasteiger partial charge in [0.05, 0.1) is 5.75 Å². The van der Waals surface area contributed by atoms with Crippen LogP contribution in [0.4, 0.5) is 10.6 Å². The van der Waals surface area contributed by atoms with Crippen LogP contribution in [0.3, 0.4) is 0 Å². The van der Waals surface area contributed by atoms with Crippen molar-refractivity contribution in [2.24, 2.45) is 0 Å². The van der Waals surface area contributed by atoms with Crippen molar-refractivity contribution in [1.82, 2.24) is 25.5 Å². The van der Waals surface area contributed by atoms with Crippen LogP contribution in [0.5, 0.6) is 0 Å². The fraction of sp³-hybridized carbons (Fsp3) is 0.714. The van der Waals surface area contributed by atoms with Crippen molar-refractivity contribution in [3.63, 3.8) is 0 Å². The van der Waals surface area contributed by atoms with Crippen LogP contribution in [0.2, 0.25) is 5.15 Å². The minimum absolute atomic E-state index is 0.0213. The molecule has 1 saturated heterocycles. The first-order valence-electron chi connectivity index (χ1n) is 11.2. The highest BCUT2D eigenvalue weighted by molar-refractivity contribution is 7.99. The lowest BCUT2D eigenvalue weighted by Gasteiger charge is -2.40. The number of unbranched alkanes of at least 4 members (excludes halogenated alkanes) is 3. The summed E-state index contributed by atoms with van der Waals surface area (Å²) >= 11 is 7.51. The number of hydrogen-bond donors (Lipinski definition) is 2. The van der Waals surface area contributed by atoms with E-state index >= 15 is 0 Å². The Morgan fingerprint density at radius 3 is 2.65 bits per heavy atom. The molecule has 0 radical (unpaired) electrons. The summed E-state index contributed by atoms with van der Waals surface area (Å²) < 4.78 is 0. The van der Waals surface area contributed by atoms with E-state index in [1.165, 1.54) is 24.6 Å². The molecule has 1 fully saturated rings. The van der Waals surface area contributed by atoms with Crippen LogP contribution in [-0.4, -0.2) is 71.3 Å². The van der Waals surface area contributed by atoms with Gasteiger partial charge in [-0.3, -0.25) is 4.79 Å². The van der Waals surface area contributed by atoms with Gasteiger partial charge in [0.2, 0.25) is 5.91 Å². The fourth-order valence-corrected chi connectivity index (χ4v) is 4.28. The number of amides is 3. The smallest absolute Gasteiger partial charge is 0.317 e. The first-order chi connectivity index (χ1) is 14.9. The minimum Gasteiger partial charge on any atom is -0.355 e. The molecule has 1 aromatic heterocycles. The molecule has 2 heterocycles. The number of hydrogen-bond acceptors (Lipinski definition) is 6. The van der Waals surface area contributed by atoms with Gasteiger partial charge in [-0.05, 0) is 19.8 Å². The molecule has 0 spiro atoms. The van der Waals surface area contributed by atoms with Crippen molar-refractivity contribution in [3.05, 3.63) is 11.2 Å². The molecule has 1 aliphatic rings. The molecule has 2 rings (SSSR count). The number of aromatic nitrogens is 2. The third kappa shape index (κ3) is 8.73. The van der Waals surface area contributed by atoms with Crippen LogP contribution in [0, 0.1) is 0 Å². The second-order valence-electron chi connectivity index (χ2n) is 7.75. The normalized spacial score (nSPS) is 16.3. The van der Waals surface area contributed by atoms with Crippen molar-refractivity contribution in [1.29, 1.82) is 0 Å². The molecule has 1 atom stereocenters. The average molecular weight is 471 g/mol. The van der Waals surface area contributed by atoms with Crippen molar-refractivity contribution < 1.29 is 9.59 Å². The number of nitrogens with zero attached hydrogens (tertiary/aromatic N) is 4. The first-order valence-corrected chi connectivity index (χ1v) is 12.5. The van der Waals surface area contributed by atoms with Crippen molar-refractivity contribution >= 4 is 41.1 Å². The Morgan fingerprint density at radius 1 is 1.13 bits per heavy atom. The van der Waals surface area contributed by atoms with E-state index in [0.29, 0.717) is 43.0 Å². The SMILES string of the molecule is CCCCCCNC(=O)CSc1nc(Cl)cc(N2CCN(C(=O)NCCC)C(C)C2)n1. The van der Waals surface area contributed by atoms with Crippen LogP contribution in [0.1, 0.15) is 52.9 Å². The summed E-state index contributed by atoms with van der Waals surface area (Å²) in [5, 5.41) is 6.71. The second-order valence-corrected chi connectivity index (χ2v) is 9.08. The Balaban J connectivity index is 1.87. The van der Waals surface area contributed by atoms with E-state index in [4.69, 9.17) is 11.6 Å². The summed E-state index contributed by atoms with van der Waals surface area (Å²) in [7, 11) is 0. The van der Waals surface area contributed by atoms with Crippen molar-refractivity contribution in [2.45, 2.75) is 64.1 Å². The number of rotatable bonds is 11. The lowest BCUT2D eigenvalue weighted by atomic mass is 10.2. The number of thioether (sulfide) groups is 1. The minimum atomic E-state index is -0.0216. The Bertz CT molecular complexity index is 723. The standard InChI is InChI=1S/C21H35ClN6O2S/c1-4-6-7-8-10-23-19(29)15-31-20-25-17(22)13-18(26-20)27-11-12-28(16(3)14-27)21(30)24-9-5-2/h13,16H,4-12,14-15H2,1-3H3,(H,23,29)(H,24,30). The van der Waals surface area contributed by atoms with Gasteiger partial charge in [-0.1, -0.05) is 56.5 Å². The molecule has 0 bridgehead atoms. The third-order valence-electron chi connectivity index (χ3n) is 5.08. The Kier molecular flexibility index (Phi) is 11.2. The summed E-state index contributed by atoms with van der Waals surface area (Å²) in [6, 6.07) is 1.76. The molecule has 3 amide bonds. The molecule has 2 N–H and O–H groups in total. The molecule has 174 valence electrons. The fourth-order valence-electron chi connectivity index (χ4n) is 3.37. The van der Waals surface area contributed by atoms with E-state index in [1.807, 2.05) is 18.7 Å². The lowest BCUT2D eigenvalue weighted by molar-refractivity contribution is -0.118. The van der Waals surface area contributed by atoms with Crippen molar-refractivity contribution in [2.75, 3.05) is 43.4 Å².